The average Bonchev–Trinajstić information content (AvgIpc) is 2.99. The van der Waals surface area contributed by atoms with Crippen molar-refractivity contribution in [3.63, 3.8) is 0 Å². The highest BCUT2D eigenvalue weighted by atomic mass is 32.2. The van der Waals surface area contributed by atoms with Gasteiger partial charge in [-0.1, -0.05) is 42.2 Å². The molecule has 0 aliphatic carbocycles. The number of carbonyl (C=O) groups is 2. The fourth-order valence-electron chi connectivity index (χ4n) is 2.66. The van der Waals surface area contributed by atoms with Crippen molar-refractivity contribution in [3.05, 3.63) is 40.9 Å². The van der Waals surface area contributed by atoms with E-state index in [1.54, 1.807) is 0 Å². The Morgan fingerprint density at radius 1 is 1.38 bits per heavy atom. The molecule has 124 valence electrons. The van der Waals surface area contributed by atoms with E-state index in [1.165, 1.54) is 16.7 Å². The number of thioether (sulfide) groups is 1. The first-order valence-corrected chi connectivity index (χ1v) is 8.71. The number of nitrogens with zero attached hydrogens (tertiary/aromatic N) is 2. The molecular formula is C17H16N2O3S2. The first kappa shape index (κ1) is 16.7. The summed E-state index contributed by atoms with van der Waals surface area (Å²) in [5, 5.41) is 9.82. The number of para-hydroxylation sites is 1. The van der Waals surface area contributed by atoms with E-state index >= 15 is 0 Å². The molecule has 1 aromatic carbocycles. The van der Waals surface area contributed by atoms with E-state index in [0.717, 1.165) is 16.6 Å². The molecule has 0 saturated carbocycles. The van der Waals surface area contributed by atoms with Crippen LogP contribution in [0.25, 0.3) is 17.0 Å². The van der Waals surface area contributed by atoms with Crippen molar-refractivity contribution in [2.75, 3.05) is 6.54 Å². The normalized spacial score (nSPS) is 16.5. The number of carboxylic acids is 1. The van der Waals surface area contributed by atoms with Crippen LogP contribution in [0.4, 0.5) is 0 Å². The molecule has 24 heavy (non-hydrogen) atoms. The van der Waals surface area contributed by atoms with Gasteiger partial charge in [-0.05, 0) is 24.6 Å². The van der Waals surface area contributed by atoms with Crippen molar-refractivity contribution in [1.29, 1.82) is 0 Å². The molecule has 1 aliphatic rings. The standard InChI is InChI=1S/C17H16N2O3S2/c1-18-12(9-11-5-2-3-6-13(11)18)10-14-16(22)19(17(23)24-14)8-4-7-15(20)21/h2-3,5-6,9-10H,4,7-8H2,1H3,(H,20,21). The summed E-state index contributed by atoms with van der Waals surface area (Å²) in [5.41, 5.74) is 2.03. The predicted molar refractivity (Wildman–Crippen MR) is 99.7 cm³/mol. The molecular weight excluding hydrogens is 344 g/mol. The van der Waals surface area contributed by atoms with Gasteiger partial charge >= 0.3 is 5.97 Å². The molecule has 1 aromatic heterocycles. The molecule has 1 amide bonds. The van der Waals surface area contributed by atoms with Crippen molar-refractivity contribution in [2.24, 2.45) is 7.05 Å². The lowest BCUT2D eigenvalue weighted by Gasteiger charge is -2.13. The Kier molecular flexibility index (Phi) is 4.73. The maximum atomic E-state index is 12.5. The number of rotatable bonds is 5. The molecule has 0 atom stereocenters. The number of aliphatic carboxylic acids is 1. The Hall–Kier alpha value is -2.12. The van der Waals surface area contributed by atoms with E-state index in [2.05, 4.69) is 0 Å². The summed E-state index contributed by atoms with van der Waals surface area (Å²) in [7, 11) is 1.96. The van der Waals surface area contributed by atoms with E-state index in [4.69, 9.17) is 17.3 Å². The van der Waals surface area contributed by atoms with Crippen molar-refractivity contribution in [3.8, 4) is 0 Å². The third-order valence-corrected chi connectivity index (χ3v) is 5.29. The minimum atomic E-state index is -0.869. The summed E-state index contributed by atoms with van der Waals surface area (Å²) < 4.78 is 2.52. The lowest BCUT2D eigenvalue weighted by Crippen LogP contribution is -2.29. The lowest BCUT2D eigenvalue weighted by atomic mass is 10.2. The summed E-state index contributed by atoms with van der Waals surface area (Å²) in [4.78, 5) is 25.2. The van der Waals surface area contributed by atoms with E-state index in [0.29, 0.717) is 22.2 Å². The van der Waals surface area contributed by atoms with Gasteiger partial charge in [0, 0.05) is 36.6 Å². The zero-order chi connectivity index (χ0) is 17.3. The molecule has 0 radical (unpaired) electrons. The number of carbonyl (C=O) groups excluding carboxylic acids is 1. The number of aryl methyl sites for hydroxylation is 1. The van der Waals surface area contributed by atoms with Gasteiger partial charge in [0.2, 0.25) is 0 Å². The van der Waals surface area contributed by atoms with Gasteiger partial charge in [0.1, 0.15) is 4.32 Å². The highest BCUT2D eigenvalue weighted by Gasteiger charge is 2.31. The first-order chi connectivity index (χ1) is 11.5. The maximum absolute atomic E-state index is 12.5. The number of amides is 1. The topological polar surface area (TPSA) is 62.5 Å². The Morgan fingerprint density at radius 2 is 2.12 bits per heavy atom. The van der Waals surface area contributed by atoms with Crippen LogP contribution < -0.4 is 0 Å². The number of hydrogen-bond donors (Lipinski definition) is 1. The summed E-state index contributed by atoms with van der Waals surface area (Å²) in [6.45, 7) is 0.337. The maximum Gasteiger partial charge on any atom is 0.303 e. The van der Waals surface area contributed by atoms with Crippen molar-refractivity contribution < 1.29 is 14.7 Å². The summed E-state index contributed by atoms with van der Waals surface area (Å²) in [5.74, 6) is -1.02. The largest absolute Gasteiger partial charge is 0.481 e. The molecule has 1 aliphatic heterocycles. The summed E-state index contributed by atoms with van der Waals surface area (Å²) in [6.07, 6.45) is 2.26. The van der Waals surface area contributed by atoms with Gasteiger partial charge in [0.25, 0.3) is 5.91 Å². The fraction of sp³-hybridized carbons (Fsp3) is 0.235. The van der Waals surface area contributed by atoms with Gasteiger partial charge in [0.05, 0.1) is 4.91 Å². The molecule has 0 unspecified atom stereocenters. The summed E-state index contributed by atoms with van der Waals surface area (Å²) >= 11 is 6.52. The van der Waals surface area contributed by atoms with Crippen molar-refractivity contribution in [2.45, 2.75) is 12.8 Å². The van der Waals surface area contributed by atoms with Gasteiger partial charge in [-0.15, -0.1) is 0 Å². The SMILES string of the molecule is Cn1c(C=C2SC(=S)N(CCCC(=O)O)C2=O)cc2ccccc21. The van der Waals surface area contributed by atoms with Gasteiger partial charge in [-0.2, -0.15) is 0 Å². The summed E-state index contributed by atoms with van der Waals surface area (Å²) in [6, 6.07) is 10.1. The minimum absolute atomic E-state index is 0.0271. The van der Waals surface area contributed by atoms with Crippen LogP contribution in [-0.4, -0.2) is 37.3 Å². The van der Waals surface area contributed by atoms with Gasteiger partial charge < -0.3 is 9.67 Å². The zero-order valence-corrected chi connectivity index (χ0v) is 14.7. The monoisotopic (exact) mass is 360 g/mol. The van der Waals surface area contributed by atoms with E-state index in [9.17, 15) is 9.59 Å². The fourth-order valence-corrected chi connectivity index (χ4v) is 3.96. The van der Waals surface area contributed by atoms with Crippen LogP contribution in [-0.2, 0) is 16.6 Å². The van der Waals surface area contributed by atoms with Crippen LogP contribution >= 0.6 is 24.0 Å². The molecule has 7 heteroatoms. The van der Waals surface area contributed by atoms with Crippen LogP contribution in [0.5, 0.6) is 0 Å². The number of fused-ring (bicyclic) bond motifs is 1. The second kappa shape index (κ2) is 6.78. The molecule has 3 rings (SSSR count). The predicted octanol–water partition coefficient (Wildman–Crippen LogP) is 3.24. The van der Waals surface area contributed by atoms with Crippen molar-refractivity contribution in [1.82, 2.24) is 9.47 Å². The average molecular weight is 360 g/mol. The number of carboxylic acid groups (broad SMARTS) is 1. The molecule has 2 heterocycles. The second-order valence-corrected chi connectivity index (χ2v) is 7.19. The quantitative estimate of drug-likeness (QED) is 0.655. The van der Waals surface area contributed by atoms with Crippen LogP contribution in [0.15, 0.2) is 35.2 Å². The minimum Gasteiger partial charge on any atom is -0.481 e. The first-order valence-electron chi connectivity index (χ1n) is 7.49. The second-order valence-electron chi connectivity index (χ2n) is 5.52. The van der Waals surface area contributed by atoms with Crippen molar-refractivity contribution >= 4 is 57.2 Å². The van der Waals surface area contributed by atoms with E-state index < -0.39 is 5.97 Å². The Morgan fingerprint density at radius 3 is 2.83 bits per heavy atom. The third-order valence-electron chi connectivity index (χ3n) is 3.91. The Balaban J connectivity index is 1.82. The zero-order valence-electron chi connectivity index (χ0n) is 13.1. The Bertz CT molecular complexity index is 870. The number of aromatic nitrogens is 1. The van der Waals surface area contributed by atoms with Gasteiger partial charge in [-0.3, -0.25) is 14.5 Å². The Labute approximate surface area is 148 Å². The lowest BCUT2D eigenvalue weighted by molar-refractivity contribution is -0.137. The molecule has 2 aromatic rings. The van der Waals surface area contributed by atoms with Crippen LogP contribution in [0, 0.1) is 0 Å². The molecule has 1 N–H and O–H groups in total. The van der Waals surface area contributed by atoms with E-state index in [-0.39, 0.29) is 12.3 Å². The smallest absolute Gasteiger partial charge is 0.303 e. The van der Waals surface area contributed by atoms with Gasteiger partial charge in [-0.25, -0.2) is 0 Å². The van der Waals surface area contributed by atoms with Crippen LogP contribution in [0.1, 0.15) is 18.5 Å². The molecule has 1 fully saturated rings. The number of benzene rings is 1. The molecule has 0 spiro atoms. The van der Waals surface area contributed by atoms with Crippen LogP contribution in [0.3, 0.4) is 0 Å². The molecule has 5 nitrogen and oxygen atoms in total. The highest BCUT2D eigenvalue weighted by molar-refractivity contribution is 8.26. The molecule has 0 bridgehead atoms. The third kappa shape index (κ3) is 3.22. The van der Waals surface area contributed by atoms with Gasteiger partial charge in [0.15, 0.2) is 0 Å². The highest BCUT2D eigenvalue weighted by Crippen LogP contribution is 2.33. The molecule has 1 saturated heterocycles. The van der Waals surface area contributed by atoms with Crippen LogP contribution in [0.2, 0.25) is 0 Å². The van der Waals surface area contributed by atoms with E-state index in [1.807, 2.05) is 48.0 Å². The number of thiocarbonyl (C=S) groups is 1. The number of hydrogen-bond acceptors (Lipinski definition) is 4.